The van der Waals surface area contributed by atoms with Crippen LogP contribution >= 0.6 is 0 Å². The Morgan fingerprint density at radius 2 is 2.06 bits per heavy atom. The summed E-state index contributed by atoms with van der Waals surface area (Å²) in [5.41, 5.74) is 0.337. The van der Waals surface area contributed by atoms with Crippen molar-refractivity contribution in [2.75, 3.05) is 6.54 Å². The first kappa shape index (κ1) is 13.2. The number of carbonyl (C=O) groups excluding carboxylic acids is 2. The minimum absolute atomic E-state index is 0.00968. The second-order valence-electron chi connectivity index (χ2n) is 4.79. The Labute approximate surface area is 100 Å². The van der Waals surface area contributed by atoms with E-state index in [4.69, 9.17) is 0 Å². The zero-order chi connectivity index (χ0) is 12.9. The number of aromatic amines is 1. The number of amides is 2. The van der Waals surface area contributed by atoms with Crippen molar-refractivity contribution in [3.8, 4) is 0 Å². The predicted molar refractivity (Wildman–Crippen MR) is 62.9 cm³/mol. The van der Waals surface area contributed by atoms with E-state index in [1.807, 2.05) is 0 Å². The maximum absolute atomic E-state index is 11.5. The molecular formula is C11H18N4O2. The normalized spacial score (nSPS) is 11.0. The molecular weight excluding hydrogens is 220 g/mol. The highest BCUT2D eigenvalue weighted by Gasteiger charge is 2.21. The molecule has 0 aliphatic carbocycles. The SMILES string of the molecule is CC(C)(C)C(=O)NCC(=O)NCc1cnc[nH]1. The lowest BCUT2D eigenvalue weighted by molar-refractivity contribution is -0.131. The average molecular weight is 238 g/mol. The molecule has 17 heavy (non-hydrogen) atoms. The van der Waals surface area contributed by atoms with E-state index >= 15 is 0 Å². The van der Waals surface area contributed by atoms with Gasteiger partial charge in [-0.05, 0) is 0 Å². The molecule has 0 unspecified atom stereocenters. The molecule has 3 N–H and O–H groups in total. The van der Waals surface area contributed by atoms with Gasteiger partial charge in [0.2, 0.25) is 11.8 Å². The molecule has 0 atom stereocenters. The van der Waals surface area contributed by atoms with Gasteiger partial charge in [-0.15, -0.1) is 0 Å². The van der Waals surface area contributed by atoms with Crippen LogP contribution in [-0.4, -0.2) is 28.3 Å². The zero-order valence-electron chi connectivity index (χ0n) is 10.3. The van der Waals surface area contributed by atoms with Crippen LogP contribution in [-0.2, 0) is 16.1 Å². The topological polar surface area (TPSA) is 86.9 Å². The zero-order valence-corrected chi connectivity index (χ0v) is 10.3. The van der Waals surface area contributed by atoms with Crippen LogP contribution in [0.3, 0.4) is 0 Å². The molecule has 6 nitrogen and oxygen atoms in total. The molecule has 1 aromatic heterocycles. The van der Waals surface area contributed by atoms with Crippen molar-refractivity contribution in [3.05, 3.63) is 18.2 Å². The summed E-state index contributed by atoms with van der Waals surface area (Å²) in [5, 5.41) is 5.24. The number of nitrogens with zero attached hydrogens (tertiary/aromatic N) is 1. The maximum Gasteiger partial charge on any atom is 0.239 e. The molecule has 0 saturated carbocycles. The highest BCUT2D eigenvalue weighted by atomic mass is 16.2. The van der Waals surface area contributed by atoms with Gasteiger partial charge in [0, 0.05) is 11.6 Å². The van der Waals surface area contributed by atoms with Gasteiger partial charge < -0.3 is 15.6 Å². The summed E-state index contributed by atoms with van der Waals surface area (Å²) in [6, 6.07) is 0. The van der Waals surface area contributed by atoms with E-state index in [0.717, 1.165) is 5.69 Å². The summed E-state index contributed by atoms with van der Waals surface area (Å²) in [6.07, 6.45) is 3.18. The van der Waals surface area contributed by atoms with E-state index in [1.54, 1.807) is 33.3 Å². The van der Waals surface area contributed by atoms with Crippen molar-refractivity contribution >= 4 is 11.8 Å². The molecule has 1 rings (SSSR count). The molecule has 6 heteroatoms. The van der Waals surface area contributed by atoms with Crippen LogP contribution in [0.2, 0.25) is 0 Å². The first-order valence-electron chi connectivity index (χ1n) is 5.42. The quantitative estimate of drug-likeness (QED) is 0.699. The largest absolute Gasteiger partial charge is 0.349 e. The molecule has 0 spiro atoms. The van der Waals surface area contributed by atoms with Crippen LogP contribution in [0.5, 0.6) is 0 Å². The van der Waals surface area contributed by atoms with E-state index in [9.17, 15) is 9.59 Å². The Hall–Kier alpha value is -1.85. The van der Waals surface area contributed by atoms with Gasteiger partial charge in [0.1, 0.15) is 0 Å². The second kappa shape index (κ2) is 5.47. The lowest BCUT2D eigenvalue weighted by Gasteiger charge is -2.17. The van der Waals surface area contributed by atoms with Crippen molar-refractivity contribution in [3.63, 3.8) is 0 Å². The van der Waals surface area contributed by atoms with Crippen molar-refractivity contribution in [1.82, 2.24) is 20.6 Å². The Balaban J connectivity index is 2.24. The number of aromatic nitrogens is 2. The van der Waals surface area contributed by atoms with Gasteiger partial charge in [-0.25, -0.2) is 4.98 Å². The summed E-state index contributed by atoms with van der Waals surface area (Å²) in [6.45, 7) is 5.76. The molecule has 2 amide bonds. The minimum Gasteiger partial charge on any atom is -0.349 e. The Morgan fingerprint density at radius 1 is 1.35 bits per heavy atom. The standard InChI is InChI=1S/C11H18N4O2/c1-11(2,3)10(17)14-6-9(16)13-5-8-4-12-7-15-8/h4,7H,5-6H2,1-3H3,(H,12,15)(H,13,16)(H,14,17). The maximum atomic E-state index is 11.5. The molecule has 0 aromatic carbocycles. The van der Waals surface area contributed by atoms with E-state index < -0.39 is 5.41 Å². The van der Waals surface area contributed by atoms with Crippen molar-refractivity contribution in [2.45, 2.75) is 27.3 Å². The van der Waals surface area contributed by atoms with Crippen molar-refractivity contribution in [1.29, 1.82) is 0 Å². The van der Waals surface area contributed by atoms with E-state index in [1.165, 1.54) is 0 Å². The third-order valence-corrected chi connectivity index (χ3v) is 2.12. The van der Waals surface area contributed by atoms with Gasteiger partial charge in [-0.1, -0.05) is 20.8 Å². The summed E-state index contributed by atoms with van der Waals surface area (Å²) in [5.74, 6) is -0.369. The fourth-order valence-corrected chi connectivity index (χ4v) is 1.06. The molecule has 0 saturated heterocycles. The number of H-pyrrole nitrogens is 1. The van der Waals surface area contributed by atoms with Crippen LogP contribution in [0.15, 0.2) is 12.5 Å². The Kier molecular flexibility index (Phi) is 4.25. The van der Waals surface area contributed by atoms with Gasteiger partial charge >= 0.3 is 0 Å². The Bertz CT molecular complexity index is 379. The third-order valence-electron chi connectivity index (χ3n) is 2.12. The van der Waals surface area contributed by atoms with Crippen LogP contribution in [0, 0.1) is 5.41 Å². The van der Waals surface area contributed by atoms with Crippen LogP contribution in [0.4, 0.5) is 0 Å². The number of hydrogen-bond donors (Lipinski definition) is 3. The van der Waals surface area contributed by atoms with Crippen LogP contribution in [0.1, 0.15) is 26.5 Å². The predicted octanol–water partition coefficient (Wildman–Crippen LogP) is 0.188. The fraction of sp³-hybridized carbons (Fsp3) is 0.545. The number of carbonyl (C=O) groups is 2. The van der Waals surface area contributed by atoms with Gasteiger partial charge in [0.05, 0.1) is 25.1 Å². The van der Waals surface area contributed by atoms with Gasteiger partial charge in [0.25, 0.3) is 0 Å². The van der Waals surface area contributed by atoms with E-state index in [-0.39, 0.29) is 18.4 Å². The summed E-state index contributed by atoms with van der Waals surface area (Å²) in [7, 11) is 0. The lowest BCUT2D eigenvalue weighted by atomic mass is 9.96. The first-order chi connectivity index (χ1) is 7.89. The van der Waals surface area contributed by atoms with Crippen molar-refractivity contribution in [2.24, 2.45) is 5.41 Å². The molecule has 94 valence electrons. The number of rotatable bonds is 4. The molecule has 0 aliphatic rings. The lowest BCUT2D eigenvalue weighted by Crippen LogP contribution is -2.41. The summed E-state index contributed by atoms with van der Waals surface area (Å²) in [4.78, 5) is 29.6. The number of imidazole rings is 1. The molecule has 0 fully saturated rings. The highest BCUT2D eigenvalue weighted by Crippen LogP contribution is 2.11. The van der Waals surface area contributed by atoms with Crippen LogP contribution in [0.25, 0.3) is 0 Å². The summed E-state index contributed by atoms with van der Waals surface area (Å²) < 4.78 is 0. The molecule has 0 radical (unpaired) electrons. The van der Waals surface area contributed by atoms with Crippen LogP contribution < -0.4 is 10.6 Å². The molecule has 0 aliphatic heterocycles. The molecule has 1 aromatic rings. The van der Waals surface area contributed by atoms with E-state index in [0.29, 0.717) is 6.54 Å². The minimum atomic E-state index is -0.482. The number of hydrogen-bond acceptors (Lipinski definition) is 3. The van der Waals surface area contributed by atoms with Crippen molar-refractivity contribution < 1.29 is 9.59 Å². The van der Waals surface area contributed by atoms with Gasteiger partial charge in [-0.3, -0.25) is 9.59 Å². The molecule has 1 heterocycles. The van der Waals surface area contributed by atoms with Gasteiger partial charge in [-0.2, -0.15) is 0 Å². The fourth-order valence-electron chi connectivity index (χ4n) is 1.06. The molecule has 0 bridgehead atoms. The Morgan fingerprint density at radius 3 is 2.59 bits per heavy atom. The highest BCUT2D eigenvalue weighted by molar-refractivity contribution is 5.87. The smallest absolute Gasteiger partial charge is 0.239 e. The number of nitrogens with one attached hydrogen (secondary N) is 3. The first-order valence-corrected chi connectivity index (χ1v) is 5.42. The third kappa shape index (κ3) is 4.67. The summed E-state index contributed by atoms with van der Waals surface area (Å²) >= 11 is 0. The van der Waals surface area contributed by atoms with Gasteiger partial charge in [0.15, 0.2) is 0 Å². The average Bonchev–Trinajstić information content (AvgIpc) is 2.74. The van der Waals surface area contributed by atoms with E-state index in [2.05, 4.69) is 20.6 Å². The monoisotopic (exact) mass is 238 g/mol. The second-order valence-corrected chi connectivity index (χ2v) is 4.79.